The van der Waals surface area contributed by atoms with E-state index in [0.717, 1.165) is 12.1 Å². The summed E-state index contributed by atoms with van der Waals surface area (Å²) in [4.78, 5) is 12.0. The third-order valence-corrected chi connectivity index (χ3v) is 6.79. The molecule has 0 unspecified atom stereocenters. The Kier molecular flexibility index (Phi) is 7.70. The van der Waals surface area contributed by atoms with E-state index in [0.29, 0.717) is 19.3 Å². The van der Waals surface area contributed by atoms with E-state index in [2.05, 4.69) is 20.9 Å². The highest BCUT2D eigenvalue weighted by molar-refractivity contribution is 8.00. The van der Waals surface area contributed by atoms with Crippen LogP contribution in [0.15, 0.2) is 34.5 Å². The fraction of sp³-hybridized carbons (Fsp3) is 0.562. The number of amides is 2. The third kappa shape index (κ3) is 7.30. The number of carbonyl (C=O) groups excluding carboxylic acids is 1. The quantitative estimate of drug-likeness (QED) is 0.593. The van der Waals surface area contributed by atoms with E-state index < -0.39 is 33.1 Å². The van der Waals surface area contributed by atoms with Gasteiger partial charge in [-0.3, -0.25) is 0 Å². The van der Waals surface area contributed by atoms with Gasteiger partial charge in [0.2, 0.25) is 0 Å². The van der Waals surface area contributed by atoms with E-state index in [9.17, 15) is 26.4 Å². The van der Waals surface area contributed by atoms with Gasteiger partial charge in [0.05, 0.1) is 11.3 Å². The van der Waals surface area contributed by atoms with Gasteiger partial charge in [-0.2, -0.15) is 23.4 Å². The summed E-state index contributed by atoms with van der Waals surface area (Å²) in [6.07, 6.45) is -2.66. The normalized spacial score (nSPS) is 19.6. The van der Waals surface area contributed by atoms with Crippen molar-refractivity contribution in [3.05, 3.63) is 29.8 Å². The van der Waals surface area contributed by atoms with Crippen LogP contribution in [0.3, 0.4) is 0 Å². The average molecular weight is 438 g/mol. The van der Waals surface area contributed by atoms with Gasteiger partial charge in [-0.15, -0.1) is 0 Å². The molecule has 0 saturated carbocycles. The van der Waals surface area contributed by atoms with Gasteiger partial charge < -0.3 is 10.6 Å². The fourth-order valence-electron chi connectivity index (χ4n) is 2.36. The minimum absolute atomic E-state index is 0.0148. The molecule has 28 heavy (non-hydrogen) atoms. The molecule has 7 nitrogen and oxygen atoms in total. The number of hydrogen-bond donors (Lipinski definition) is 2. The Morgan fingerprint density at radius 3 is 2.68 bits per heavy atom. The minimum atomic E-state index is -4.49. The molecular weight excluding hydrogens is 417 g/mol. The SMILES string of the molecule is CCS(=O)(=O)CCCC[C@H]1N=N[C@H](NC(=O)Nc2cccc(C(F)(F)F)c2)S1. The molecule has 0 saturated heterocycles. The number of sulfone groups is 1. The van der Waals surface area contributed by atoms with Crippen molar-refractivity contribution in [1.29, 1.82) is 0 Å². The van der Waals surface area contributed by atoms with Gasteiger partial charge in [-0.05, 0) is 37.5 Å². The van der Waals surface area contributed by atoms with Crippen LogP contribution in [0.2, 0.25) is 0 Å². The molecule has 1 aromatic rings. The number of urea groups is 1. The summed E-state index contributed by atoms with van der Waals surface area (Å²) in [6, 6.07) is 3.63. The van der Waals surface area contributed by atoms with Gasteiger partial charge in [-0.25, -0.2) is 13.2 Å². The standard InChI is InChI=1S/C16H21F3N4O3S2/c1-2-28(25,26)9-4-3-8-13-22-23-15(27-13)21-14(24)20-12-7-5-6-11(10-12)16(17,18)19/h5-7,10,13,15H,2-4,8-9H2,1H3,(H2,20,21,24)/t13-,15-/m0/s1. The maximum absolute atomic E-state index is 12.7. The van der Waals surface area contributed by atoms with E-state index >= 15 is 0 Å². The van der Waals surface area contributed by atoms with Crippen molar-refractivity contribution in [2.45, 2.75) is 43.2 Å². The van der Waals surface area contributed by atoms with Crippen molar-refractivity contribution in [1.82, 2.24) is 5.32 Å². The summed E-state index contributed by atoms with van der Waals surface area (Å²) in [7, 11) is -2.98. The molecule has 12 heteroatoms. The highest BCUT2D eigenvalue weighted by Gasteiger charge is 2.30. The minimum Gasteiger partial charge on any atom is -0.308 e. The van der Waals surface area contributed by atoms with Crippen LogP contribution in [0.4, 0.5) is 23.7 Å². The Balaban J connectivity index is 1.74. The van der Waals surface area contributed by atoms with Crippen LogP contribution >= 0.6 is 11.8 Å². The molecule has 2 N–H and O–H groups in total. The summed E-state index contributed by atoms with van der Waals surface area (Å²) in [5, 5.41) is 12.6. The Morgan fingerprint density at radius 2 is 2.00 bits per heavy atom. The van der Waals surface area contributed by atoms with E-state index in [1.807, 2.05) is 0 Å². The van der Waals surface area contributed by atoms with Crippen LogP contribution in [0, 0.1) is 0 Å². The molecule has 1 aromatic carbocycles. The molecule has 0 fully saturated rings. The lowest BCUT2D eigenvalue weighted by Gasteiger charge is -2.13. The van der Waals surface area contributed by atoms with E-state index in [1.54, 1.807) is 6.92 Å². The predicted molar refractivity (Wildman–Crippen MR) is 102 cm³/mol. The zero-order valence-corrected chi connectivity index (χ0v) is 16.7. The first kappa shape index (κ1) is 22.5. The number of nitrogens with zero attached hydrogens (tertiary/aromatic N) is 2. The molecular formula is C16H21F3N4O3S2. The number of alkyl halides is 3. The average Bonchev–Trinajstić information content (AvgIpc) is 3.05. The third-order valence-electron chi connectivity index (χ3n) is 3.88. The largest absolute Gasteiger partial charge is 0.416 e. The molecule has 1 heterocycles. The van der Waals surface area contributed by atoms with Gasteiger partial charge in [0.15, 0.2) is 5.50 Å². The molecule has 0 radical (unpaired) electrons. The summed E-state index contributed by atoms with van der Waals surface area (Å²) in [5.41, 5.74) is -1.48. The number of halogens is 3. The number of carbonyl (C=O) groups is 1. The number of azo groups is 1. The number of nitrogens with one attached hydrogen (secondary N) is 2. The number of thioether (sulfide) groups is 1. The van der Waals surface area contributed by atoms with Gasteiger partial charge in [0.1, 0.15) is 15.2 Å². The molecule has 0 spiro atoms. The zero-order chi connectivity index (χ0) is 20.8. The Bertz CT molecular complexity index is 816. The lowest BCUT2D eigenvalue weighted by atomic mass is 10.2. The van der Waals surface area contributed by atoms with Gasteiger partial charge >= 0.3 is 12.2 Å². The molecule has 2 atom stereocenters. The topological polar surface area (TPSA) is 100.0 Å². The second kappa shape index (κ2) is 9.59. The molecule has 2 rings (SSSR count). The number of benzene rings is 1. The van der Waals surface area contributed by atoms with Crippen molar-refractivity contribution < 1.29 is 26.4 Å². The number of unbranched alkanes of at least 4 members (excludes halogenated alkanes) is 1. The number of hydrogen-bond acceptors (Lipinski definition) is 6. The van der Waals surface area contributed by atoms with Crippen LogP contribution in [0.1, 0.15) is 31.7 Å². The van der Waals surface area contributed by atoms with Gasteiger partial charge in [-0.1, -0.05) is 24.8 Å². The summed E-state index contributed by atoms with van der Waals surface area (Å²) < 4.78 is 61.0. The molecule has 0 bridgehead atoms. The second-order valence-electron chi connectivity index (χ2n) is 6.08. The molecule has 156 valence electrons. The first-order valence-electron chi connectivity index (χ1n) is 8.59. The van der Waals surface area contributed by atoms with Crippen LogP contribution in [-0.2, 0) is 16.0 Å². The number of anilines is 1. The fourth-order valence-corrected chi connectivity index (χ4v) is 4.29. The summed E-state index contributed by atoms with van der Waals surface area (Å²) in [5.74, 6) is 0.261. The molecule has 0 aliphatic carbocycles. The second-order valence-corrected chi connectivity index (χ2v) is 9.82. The van der Waals surface area contributed by atoms with Crippen LogP contribution in [0.5, 0.6) is 0 Å². The van der Waals surface area contributed by atoms with Crippen LogP contribution in [-0.4, -0.2) is 36.8 Å². The van der Waals surface area contributed by atoms with Gasteiger partial charge in [0.25, 0.3) is 0 Å². The number of rotatable bonds is 8. The maximum Gasteiger partial charge on any atom is 0.416 e. The van der Waals surface area contributed by atoms with E-state index in [1.165, 1.54) is 23.9 Å². The highest BCUT2D eigenvalue weighted by Crippen LogP contribution is 2.31. The van der Waals surface area contributed by atoms with Crippen molar-refractivity contribution in [2.24, 2.45) is 10.2 Å². The van der Waals surface area contributed by atoms with Crippen LogP contribution in [0.25, 0.3) is 0 Å². The van der Waals surface area contributed by atoms with Crippen molar-refractivity contribution in [3.63, 3.8) is 0 Å². The first-order chi connectivity index (χ1) is 13.1. The highest BCUT2D eigenvalue weighted by atomic mass is 32.2. The predicted octanol–water partition coefficient (Wildman–Crippen LogP) is 4.24. The molecule has 1 aliphatic rings. The van der Waals surface area contributed by atoms with E-state index in [-0.39, 0.29) is 22.6 Å². The van der Waals surface area contributed by atoms with E-state index in [4.69, 9.17) is 0 Å². The molecule has 0 aromatic heterocycles. The van der Waals surface area contributed by atoms with Crippen molar-refractivity contribution >= 4 is 33.3 Å². The summed E-state index contributed by atoms with van der Waals surface area (Å²) in [6.45, 7) is 1.61. The first-order valence-corrected chi connectivity index (χ1v) is 11.4. The van der Waals surface area contributed by atoms with Crippen molar-refractivity contribution in [2.75, 3.05) is 16.8 Å². The van der Waals surface area contributed by atoms with Crippen LogP contribution < -0.4 is 10.6 Å². The van der Waals surface area contributed by atoms with Crippen molar-refractivity contribution in [3.8, 4) is 0 Å². The Hall–Kier alpha value is -1.82. The summed E-state index contributed by atoms with van der Waals surface area (Å²) >= 11 is 1.29. The maximum atomic E-state index is 12.7. The lowest BCUT2D eigenvalue weighted by molar-refractivity contribution is -0.137. The van der Waals surface area contributed by atoms with Gasteiger partial charge in [0, 0.05) is 11.4 Å². The Labute approximate surface area is 165 Å². The smallest absolute Gasteiger partial charge is 0.308 e. The monoisotopic (exact) mass is 438 g/mol. The zero-order valence-electron chi connectivity index (χ0n) is 15.1. The molecule has 2 amide bonds. The lowest BCUT2D eigenvalue weighted by Crippen LogP contribution is -2.34. The Morgan fingerprint density at radius 1 is 1.25 bits per heavy atom. The molecule has 1 aliphatic heterocycles.